The molecule has 0 fully saturated rings. The molecular formula is C9H9NOS. The fourth-order valence-corrected chi connectivity index (χ4v) is 2.40. The lowest BCUT2D eigenvalue weighted by molar-refractivity contribution is 0.112. The van der Waals surface area contributed by atoms with Gasteiger partial charge in [0.2, 0.25) is 0 Å². The summed E-state index contributed by atoms with van der Waals surface area (Å²) in [4.78, 5) is 14.7. The molecular weight excluding hydrogens is 170 g/mol. The van der Waals surface area contributed by atoms with Crippen LogP contribution in [0.4, 0.5) is 0 Å². The fraction of sp³-hybridized carbons (Fsp3) is 0.333. The van der Waals surface area contributed by atoms with Crippen molar-refractivity contribution in [1.29, 1.82) is 0 Å². The van der Waals surface area contributed by atoms with Crippen LogP contribution in [0.15, 0.2) is 12.4 Å². The Morgan fingerprint density at radius 3 is 3.25 bits per heavy atom. The second kappa shape index (κ2) is 3.27. The van der Waals surface area contributed by atoms with Gasteiger partial charge >= 0.3 is 0 Å². The summed E-state index contributed by atoms with van der Waals surface area (Å²) in [5, 5.41) is 0. The van der Waals surface area contributed by atoms with Gasteiger partial charge in [-0.2, -0.15) is 11.8 Å². The minimum absolute atomic E-state index is 0.771. The maximum absolute atomic E-state index is 10.6. The number of aromatic nitrogens is 1. The lowest BCUT2D eigenvalue weighted by atomic mass is 10.0. The predicted molar refractivity (Wildman–Crippen MR) is 49.5 cm³/mol. The van der Waals surface area contributed by atoms with Gasteiger partial charge in [0.25, 0.3) is 0 Å². The Morgan fingerprint density at radius 2 is 2.42 bits per heavy atom. The molecule has 0 saturated carbocycles. The highest BCUT2D eigenvalue weighted by Gasteiger charge is 2.12. The first-order chi connectivity index (χ1) is 5.92. The molecule has 1 aliphatic rings. The first-order valence-electron chi connectivity index (χ1n) is 3.90. The first-order valence-corrected chi connectivity index (χ1v) is 5.06. The smallest absolute Gasteiger partial charge is 0.151 e. The topological polar surface area (TPSA) is 30.0 Å². The molecule has 1 aromatic heterocycles. The molecule has 2 rings (SSSR count). The minimum Gasteiger partial charge on any atom is -0.298 e. The number of hydrogen-bond donors (Lipinski definition) is 0. The van der Waals surface area contributed by atoms with Crippen LogP contribution in [0.1, 0.15) is 21.5 Å². The van der Waals surface area contributed by atoms with Gasteiger partial charge in [-0.25, -0.2) is 0 Å². The number of pyridine rings is 1. The zero-order valence-corrected chi connectivity index (χ0v) is 7.43. The fourth-order valence-electron chi connectivity index (χ4n) is 1.44. The molecule has 12 heavy (non-hydrogen) atoms. The highest BCUT2D eigenvalue weighted by atomic mass is 32.2. The number of carbonyl (C=O) groups is 1. The van der Waals surface area contributed by atoms with Crippen molar-refractivity contribution < 1.29 is 4.79 Å². The molecule has 62 valence electrons. The van der Waals surface area contributed by atoms with E-state index in [2.05, 4.69) is 4.98 Å². The third-order valence-corrected chi connectivity index (χ3v) is 3.07. The second-order valence-electron chi connectivity index (χ2n) is 2.79. The zero-order chi connectivity index (χ0) is 8.39. The van der Waals surface area contributed by atoms with E-state index in [4.69, 9.17) is 0 Å². The molecule has 0 saturated heterocycles. The SMILES string of the molecule is O=Cc1cncc2c1CCSC2. The molecule has 0 amide bonds. The van der Waals surface area contributed by atoms with Crippen molar-refractivity contribution in [2.45, 2.75) is 12.2 Å². The number of hydrogen-bond acceptors (Lipinski definition) is 3. The summed E-state index contributed by atoms with van der Waals surface area (Å²) in [7, 11) is 0. The predicted octanol–water partition coefficient (Wildman–Crippen LogP) is 1.68. The zero-order valence-electron chi connectivity index (χ0n) is 6.62. The number of rotatable bonds is 1. The van der Waals surface area contributed by atoms with Crippen molar-refractivity contribution in [1.82, 2.24) is 4.98 Å². The highest BCUT2D eigenvalue weighted by Crippen LogP contribution is 2.25. The van der Waals surface area contributed by atoms with Crippen LogP contribution in [0, 0.1) is 0 Å². The van der Waals surface area contributed by atoms with Crippen molar-refractivity contribution in [3.05, 3.63) is 29.1 Å². The van der Waals surface area contributed by atoms with Gasteiger partial charge in [0, 0.05) is 23.7 Å². The second-order valence-corrected chi connectivity index (χ2v) is 3.89. The number of thioether (sulfide) groups is 1. The van der Waals surface area contributed by atoms with E-state index in [1.807, 2.05) is 18.0 Å². The van der Waals surface area contributed by atoms with Crippen molar-refractivity contribution in [3.8, 4) is 0 Å². The summed E-state index contributed by atoms with van der Waals surface area (Å²) in [6.07, 6.45) is 5.44. The van der Waals surface area contributed by atoms with Gasteiger partial charge in [-0.1, -0.05) is 0 Å². The molecule has 1 aliphatic heterocycles. The van der Waals surface area contributed by atoms with Crippen molar-refractivity contribution >= 4 is 18.0 Å². The molecule has 0 unspecified atom stereocenters. The number of nitrogens with zero attached hydrogens (tertiary/aromatic N) is 1. The van der Waals surface area contributed by atoms with E-state index in [-0.39, 0.29) is 0 Å². The maximum atomic E-state index is 10.6. The van der Waals surface area contributed by atoms with Crippen molar-refractivity contribution in [3.63, 3.8) is 0 Å². The summed E-state index contributed by atoms with van der Waals surface area (Å²) < 4.78 is 0. The highest BCUT2D eigenvalue weighted by molar-refractivity contribution is 7.98. The van der Waals surface area contributed by atoms with E-state index in [1.54, 1.807) is 6.20 Å². The van der Waals surface area contributed by atoms with Crippen LogP contribution in [0.2, 0.25) is 0 Å². The molecule has 1 aromatic rings. The van der Waals surface area contributed by atoms with E-state index in [0.29, 0.717) is 0 Å². The molecule has 0 bridgehead atoms. The third-order valence-electron chi connectivity index (χ3n) is 2.06. The van der Waals surface area contributed by atoms with Crippen LogP contribution in [0.5, 0.6) is 0 Å². The molecule has 2 heterocycles. The Morgan fingerprint density at radius 1 is 1.50 bits per heavy atom. The van der Waals surface area contributed by atoms with E-state index in [1.165, 1.54) is 11.1 Å². The normalized spacial score (nSPS) is 15.3. The van der Waals surface area contributed by atoms with E-state index in [9.17, 15) is 4.79 Å². The summed E-state index contributed by atoms with van der Waals surface area (Å²) in [6, 6.07) is 0. The number of carbonyl (C=O) groups excluding carboxylic acids is 1. The van der Waals surface area contributed by atoms with Gasteiger partial charge in [-0.3, -0.25) is 9.78 Å². The van der Waals surface area contributed by atoms with Crippen LogP contribution in [-0.2, 0) is 12.2 Å². The quantitative estimate of drug-likeness (QED) is 0.614. The van der Waals surface area contributed by atoms with E-state index < -0.39 is 0 Å². The summed E-state index contributed by atoms with van der Waals surface area (Å²) in [6.45, 7) is 0. The molecule has 0 spiro atoms. The Bertz CT molecular complexity index is 311. The number of aldehydes is 1. The van der Waals surface area contributed by atoms with Gasteiger partial charge in [-0.15, -0.1) is 0 Å². The molecule has 0 aromatic carbocycles. The van der Waals surface area contributed by atoms with Crippen LogP contribution < -0.4 is 0 Å². The Hall–Kier alpha value is -0.830. The minimum atomic E-state index is 0.771. The average molecular weight is 179 g/mol. The standard InChI is InChI=1S/C9H9NOS/c11-5-7-3-10-4-8-6-12-2-1-9(7)8/h3-5H,1-2,6H2. The van der Waals surface area contributed by atoms with Gasteiger partial charge < -0.3 is 0 Å². The van der Waals surface area contributed by atoms with Crippen molar-refractivity contribution in [2.24, 2.45) is 0 Å². The lowest BCUT2D eigenvalue weighted by Crippen LogP contribution is -2.06. The first kappa shape index (κ1) is 7.80. The van der Waals surface area contributed by atoms with Gasteiger partial charge in [0.1, 0.15) is 0 Å². The van der Waals surface area contributed by atoms with Crippen LogP contribution in [0.3, 0.4) is 0 Å². The van der Waals surface area contributed by atoms with Gasteiger partial charge in [0.05, 0.1) is 0 Å². The Balaban J connectivity index is 2.51. The summed E-state index contributed by atoms with van der Waals surface area (Å²) in [5.74, 6) is 2.13. The molecule has 0 atom stereocenters. The largest absolute Gasteiger partial charge is 0.298 e. The maximum Gasteiger partial charge on any atom is 0.151 e. The average Bonchev–Trinajstić information content (AvgIpc) is 2.17. The van der Waals surface area contributed by atoms with E-state index in [0.717, 1.165) is 29.8 Å². The third kappa shape index (κ3) is 1.25. The van der Waals surface area contributed by atoms with Gasteiger partial charge in [-0.05, 0) is 23.3 Å². The molecule has 0 radical (unpaired) electrons. The molecule has 2 nitrogen and oxygen atoms in total. The van der Waals surface area contributed by atoms with E-state index >= 15 is 0 Å². The summed E-state index contributed by atoms with van der Waals surface area (Å²) >= 11 is 1.90. The van der Waals surface area contributed by atoms with Crippen molar-refractivity contribution in [2.75, 3.05) is 5.75 Å². The lowest BCUT2D eigenvalue weighted by Gasteiger charge is -2.15. The molecule has 3 heteroatoms. The monoisotopic (exact) mass is 179 g/mol. The van der Waals surface area contributed by atoms with Gasteiger partial charge in [0.15, 0.2) is 6.29 Å². The Kier molecular flexibility index (Phi) is 2.13. The Labute approximate surface area is 75.4 Å². The number of fused-ring (bicyclic) bond motifs is 1. The van der Waals surface area contributed by atoms with Crippen LogP contribution in [0.25, 0.3) is 0 Å². The van der Waals surface area contributed by atoms with Crippen LogP contribution in [-0.4, -0.2) is 17.0 Å². The summed E-state index contributed by atoms with van der Waals surface area (Å²) in [5.41, 5.74) is 3.21. The van der Waals surface area contributed by atoms with Crippen LogP contribution >= 0.6 is 11.8 Å². The molecule has 0 aliphatic carbocycles. The molecule has 0 N–H and O–H groups in total.